The molecule has 0 saturated carbocycles. The first kappa shape index (κ1) is 19.9. The lowest BCUT2D eigenvalue weighted by atomic mass is 9.86. The van der Waals surface area contributed by atoms with Crippen molar-refractivity contribution >= 4 is 34.5 Å². The van der Waals surface area contributed by atoms with Gasteiger partial charge in [-0.2, -0.15) is 10.2 Å². The fourth-order valence-corrected chi connectivity index (χ4v) is 5.27. The molecule has 0 aliphatic carbocycles. The Balaban J connectivity index is 1.61. The predicted octanol–water partition coefficient (Wildman–Crippen LogP) is 3.96. The number of urea groups is 1. The van der Waals surface area contributed by atoms with Gasteiger partial charge in [0, 0.05) is 19.0 Å². The topological polar surface area (TPSA) is 81.2 Å². The molecule has 0 bridgehead atoms. The summed E-state index contributed by atoms with van der Waals surface area (Å²) in [5.74, 6) is 0.237. The smallest absolute Gasteiger partial charge is 0.321 e. The Morgan fingerprint density at radius 1 is 1.26 bits per heavy atom. The molecule has 2 heterocycles. The number of likely N-dealkylation sites (tertiary alicyclic amines) is 1. The SMILES string of the molecule is CC(C)(C1CCN(C(=O)Nc2ccnnc2)CC1)[S+]([O-])c1ccccc1Cl. The van der Waals surface area contributed by atoms with Gasteiger partial charge in [0.05, 0.1) is 23.1 Å². The van der Waals surface area contributed by atoms with E-state index in [0.29, 0.717) is 28.7 Å². The van der Waals surface area contributed by atoms with Crippen molar-refractivity contribution in [2.75, 3.05) is 18.4 Å². The summed E-state index contributed by atoms with van der Waals surface area (Å²) in [5.41, 5.74) is 0.622. The fourth-order valence-electron chi connectivity index (χ4n) is 3.37. The van der Waals surface area contributed by atoms with Crippen molar-refractivity contribution in [3.8, 4) is 0 Å². The maximum absolute atomic E-state index is 13.2. The second-order valence-corrected chi connectivity index (χ2v) is 9.56. The van der Waals surface area contributed by atoms with Gasteiger partial charge in [0.2, 0.25) is 0 Å². The van der Waals surface area contributed by atoms with Crippen LogP contribution in [0.15, 0.2) is 47.6 Å². The Hall–Kier alpha value is -1.83. The number of halogens is 1. The molecule has 1 aromatic heterocycles. The minimum atomic E-state index is -1.22. The van der Waals surface area contributed by atoms with Gasteiger partial charge in [0.15, 0.2) is 4.90 Å². The van der Waals surface area contributed by atoms with E-state index in [0.717, 1.165) is 12.8 Å². The minimum absolute atomic E-state index is 0.147. The van der Waals surface area contributed by atoms with E-state index in [1.54, 1.807) is 17.0 Å². The van der Waals surface area contributed by atoms with E-state index in [1.165, 1.54) is 12.4 Å². The summed E-state index contributed by atoms with van der Waals surface area (Å²) >= 11 is 5.02. The maximum Gasteiger partial charge on any atom is 0.321 e. The molecule has 1 unspecified atom stereocenters. The average molecular weight is 407 g/mol. The van der Waals surface area contributed by atoms with Crippen molar-refractivity contribution < 1.29 is 9.35 Å². The number of anilines is 1. The molecule has 2 aromatic rings. The van der Waals surface area contributed by atoms with Crippen LogP contribution in [0.1, 0.15) is 26.7 Å². The van der Waals surface area contributed by atoms with Crippen LogP contribution < -0.4 is 5.32 Å². The highest BCUT2D eigenvalue weighted by atomic mass is 35.5. The first-order chi connectivity index (χ1) is 12.9. The molecule has 1 N–H and O–H groups in total. The number of nitrogens with one attached hydrogen (secondary N) is 1. The number of nitrogens with zero attached hydrogens (tertiary/aromatic N) is 3. The fraction of sp³-hybridized carbons (Fsp3) is 0.421. The van der Waals surface area contributed by atoms with Gasteiger partial charge in [-0.3, -0.25) is 0 Å². The molecule has 27 heavy (non-hydrogen) atoms. The molecule has 144 valence electrons. The standard InChI is InChI=1S/C19H23ClN4O2S/c1-19(2,27(26)17-6-4-3-5-16(17)20)14-8-11-24(12-9-14)18(25)23-15-7-10-21-22-13-15/h3-7,10,13-14H,8-9,11-12H2,1-2H3,(H,21,23,25). The average Bonchev–Trinajstić information content (AvgIpc) is 2.68. The van der Waals surface area contributed by atoms with Gasteiger partial charge in [0.1, 0.15) is 4.75 Å². The molecule has 1 aliphatic rings. The van der Waals surface area contributed by atoms with E-state index < -0.39 is 15.9 Å². The summed E-state index contributed by atoms with van der Waals surface area (Å²) in [6.07, 6.45) is 4.64. The normalized spacial score (nSPS) is 16.8. The molecule has 1 fully saturated rings. The monoisotopic (exact) mass is 406 g/mol. The highest BCUT2D eigenvalue weighted by Gasteiger charge is 2.44. The zero-order chi connectivity index (χ0) is 19.4. The Kier molecular flexibility index (Phi) is 6.24. The van der Waals surface area contributed by atoms with Gasteiger partial charge < -0.3 is 14.8 Å². The lowest BCUT2D eigenvalue weighted by molar-refractivity contribution is 0.171. The zero-order valence-electron chi connectivity index (χ0n) is 15.4. The van der Waals surface area contributed by atoms with Crippen molar-refractivity contribution in [1.82, 2.24) is 15.1 Å². The summed E-state index contributed by atoms with van der Waals surface area (Å²) in [6, 6.07) is 8.85. The number of hydrogen-bond donors (Lipinski definition) is 1. The Labute approximate surface area is 167 Å². The number of carbonyl (C=O) groups is 1. The Morgan fingerprint density at radius 2 is 1.96 bits per heavy atom. The summed E-state index contributed by atoms with van der Waals surface area (Å²) in [7, 11) is 0. The molecule has 3 rings (SSSR count). The molecule has 1 aliphatic heterocycles. The van der Waals surface area contributed by atoms with Crippen molar-refractivity contribution in [1.29, 1.82) is 0 Å². The lowest BCUT2D eigenvalue weighted by Gasteiger charge is -2.40. The van der Waals surface area contributed by atoms with Gasteiger partial charge in [-0.1, -0.05) is 23.7 Å². The van der Waals surface area contributed by atoms with Crippen molar-refractivity contribution in [2.24, 2.45) is 5.92 Å². The van der Waals surface area contributed by atoms with E-state index >= 15 is 0 Å². The van der Waals surface area contributed by atoms with Gasteiger partial charge in [0.25, 0.3) is 0 Å². The van der Waals surface area contributed by atoms with Crippen LogP contribution in [-0.4, -0.2) is 43.5 Å². The number of aromatic nitrogens is 2. The molecular weight excluding hydrogens is 384 g/mol. The Morgan fingerprint density at radius 3 is 2.59 bits per heavy atom. The molecule has 2 amide bonds. The van der Waals surface area contributed by atoms with Gasteiger partial charge in [-0.25, -0.2) is 4.79 Å². The molecule has 6 nitrogen and oxygen atoms in total. The van der Waals surface area contributed by atoms with Crippen LogP contribution >= 0.6 is 11.6 Å². The van der Waals surface area contributed by atoms with E-state index in [9.17, 15) is 9.35 Å². The quantitative estimate of drug-likeness (QED) is 0.779. The molecule has 1 aromatic carbocycles. The minimum Gasteiger partial charge on any atom is -0.611 e. The van der Waals surface area contributed by atoms with Gasteiger partial charge >= 0.3 is 6.03 Å². The molecule has 1 saturated heterocycles. The number of benzene rings is 1. The van der Waals surface area contributed by atoms with Crippen LogP contribution in [0.4, 0.5) is 10.5 Å². The number of rotatable bonds is 4. The second-order valence-electron chi connectivity index (χ2n) is 7.13. The third-order valence-corrected chi connectivity index (χ3v) is 7.60. The van der Waals surface area contributed by atoms with E-state index in [4.69, 9.17) is 11.6 Å². The van der Waals surface area contributed by atoms with Crippen molar-refractivity contribution in [3.05, 3.63) is 47.7 Å². The maximum atomic E-state index is 13.2. The summed E-state index contributed by atoms with van der Waals surface area (Å²) in [5, 5.41) is 10.8. The van der Waals surface area contributed by atoms with Gasteiger partial charge in [-0.15, -0.1) is 0 Å². The molecule has 0 radical (unpaired) electrons. The number of piperidine rings is 1. The molecule has 0 spiro atoms. The van der Waals surface area contributed by atoms with Crippen LogP contribution in [-0.2, 0) is 11.2 Å². The van der Waals surface area contributed by atoms with Crippen LogP contribution in [0.5, 0.6) is 0 Å². The van der Waals surface area contributed by atoms with Crippen LogP contribution in [0.3, 0.4) is 0 Å². The van der Waals surface area contributed by atoms with Crippen LogP contribution in [0, 0.1) is 5.92 Å². The lowest BCUT2D eigenvalue weighted by Crippen LogP contribution is -2.48. The number of hydrogen-bond acceptors (Lipinski definition) is 4. The Bertz CT molecular complexity index is 782. The molecule has 8 heteroatoms. The van der Waals surface area contributed by atoms with E-state index in [-0.39, 0.29) is 11.9 Å². The molecular formula is C19H23ClN4O2S. The van der Waals surface area contributed by atoms with E-state index in [2.05, 4.69) is 15.5 Å². The predicted molar refractivity (Wildman–Crippen MR) is 107 cm³/mol. The summed E-state index contributed by atoms with van der Waals surface area (Å²) in [4.78, 5) is 14.9. The highest BCUT2D eigenvalue weighted by molar-refractivity contribution is 7.93. The number of carbonyl (C=O) groups excluding carboxylic acids is 1. The van der Waals surface area contributed by atoms with E-state index in [1.807, 2.05) is 32.0 Å². The first-order valence-corrected chi connectivity index (χ1v) is 10.4. The first-order valence-electron chi connectivity index (χ1n) is 8.88. The zero-order valence-corrected chi connectivity index (χ0v) is 17.0. The van der Waals surface area contributed by atoms with Gasteiger partial charge in [-0.05, 0) is 56.1 Å². The third kappa shape index (κ3) is 4.54. The summed E-state index contributed by atoms with van der Waals surface area (Å²) < 4.78 is 12.7. The van der Waals surface area contributed by atoms with Crippen LogP contribution in [0.25, 0.3) is 0 Å². The second kappa shape index (κ2) is 8.46. The van der Waals surface area contributed by atoms with Crippen molar-refractivity contribution in [2.45, 2.75) is 36.3 Å². The van der Waals surface area contributed by atoms with Crippen LogP contribution in [0.2, 0.25) is 5.02 Å². The highest BCUT2D eigenvalue weighted by Crippen LogP contribution is 2.39. The third-order valence-electron chi connectivity index (χ3n) is 5.12. The van der Waals surface area contributed by atoms with Crippen molar-refractivity contribution in [3.63, 3.8) is 0 Å². The molecule has 1 atom stereocenters. The summed E-state index contributed by atoms with van der Waals surface area (Å²) in [6.45, 7) is 5.29. The largest absolute Gasteiger partial charge is 0.611 e. The number of amides is 2.